The summed E-state index contributed by atoms with van der Waals surface area (Å²) in [5, 5.41) is 5.72. The number of morpholine rings is 1. The highest BCUT2D eigenvalue weighted by Crippen LogP contribution is 2.42. The van der Waals surface area contributed by atoms with Gasteiger partial charge in [0.05, 0.1) is 25.1 Å². The van der Waals surface area contributed by atoms with E-state index in [0.29, 0.717) is 0 Å². The monoisotopic (exact) mass is 342 g/mol. The number of hydrogen-bond donors (Lipinski definition) is 1. The minimum absolute atomic E-state index is 0.287. The van der Waals surface area contributed by atoms with Gasteiger partial charge in [0, 0.05) is 50.0 Å². The number of piperazine rings is 1. The number of aromatic nitrogens is 1. The third-order valence-corrected chi connectivity index (χ3v) is 5.11. The van der Waals surface area contributed by atoms with E-state index in [1.165, 1.54) is 11.1 Å². The average Bonchev–Trinajstić information content (AvgIpc) is 3.14. The van der Waals surface area contributed by atoms with E-state index in [1.807, 2.05) is 6.20 Å². The van der Waals surface area contributed by atoms with Crippen molar-refractivity contribution in [3.05, 3.63) is 18.3 Å². The van der Waals surface area contributed by atoms with Crippen molar-refractivity contribution in [3.8, 4) is 11.5 Å². The molecule has 132 valence electrons. The number of hydrogen-bond acceptors (Lipinski definition) is 7. The van der Waals surface area contributed by atoms with Gasteiger partial charge in [-0.3, -0.25) is 0 Å². The molecular formula is C18H22N4O3. The summed E-state index contributed by atoms with van der Waals surface area (Å²) in [6, 6.07) is 4.20. The van der Waals surface area contributed by atoms with Gasteiger partial charge in [0.1, 0.15) is 5.82 Å². The molecule has 0 aliphatic carbocycles. The zero-order chi connectivity index (χ0) is 16.6. The molecule has 1 aromatic carbocycles. The molecule has 25 heavy (non-hydrogen) atoms. The number of nitrogens with one attached hydrogen (secondary N) is 1. The third-order valence-electron chi connectivity index (χ3n) is 5.11. The topological polar surface area (TPSA) is 59.1 Å². The molecule has 2 fully saturated rings. The van der Waals surface area contributed by atoms with Crippen molar-refractivity contribution >= 4 is 22.3 Å². The van der Waals surface area contributed by atoms with Gasteiger partial charge in [-0.05, 0) is 12.1 Å². The zero-order valence-electron chi connectivity index (χ0n) is 14.2. The Kier molecular flexibility index (Phi) is 3.75. The Hall–Kier alpha value is -2.25. The summed E-state index contributed by atoms with van der Waals surface area (Å²) in [5.74, 6) is 2.64. The fraction of sp³-hybridized carbons (Fsp3) is 0.500. The number of fused-ring (bicyclic) bond motifs is 2. The maximum Gasteiger partial charge on any atom is 0.231 e. The Bertz CT molecular complexity index is 721. The third kappa shape index (κ3) is 2.63. The Morgan fingerprint density at radius 2 is 1.60 bits per heavy atom. The number of benzene rings is 1. The summed E-state index contributed by atoms with van der Waals surface area (Å²) in [4.78, 5) is 9.54. The van der Waals surface area contributed by atoms with E-state index in [2.05, 4.69) is 27.2 Å². The molecule has 7 nitrogen and oxygen atoms in total. The van der Waals surface area contributed by atoms with Crippen molar-refractivity contribution in [3.63, 3.8) is 0 Å². The predicted octanol–water partition coefficient (Wildman–Crippen LogP) is 1.21. The first-order chi connectivity index (χ1) is 12.4. The molecule has 0 saturated carbocycles. The highest BCUT2D eigenvalue weighted by Gasteiger charge is 2.23. The predicted molar refractivity (Wildman–Crippen MR) is 96.0 cm³/mol. The van der Waals surface area contributed by atoms with Gasteiger partial charge < -0.3 is 29.3 Å². The van der Waals surface area contributed by atoms with Gasteiger partial charge >= 0.3 is 0 Å². The molecule has 2 aromatic rings. The first-order valence-electron chi connectivity index (χ1n) is 8.91. The Morgan fingerprint density at radius 3 is 2.36 bits per heavy atom. The summed E-state index contributed by atoms with van der Waals surface area (Å²) in [7, 11) is 0. The molecule has 5 rings (SSSR count). The molecule has 0 bridgehead atoms. The van der Waals surface area contributed by atoms with Crippen LogP contribution in [0.15, 0.2) is 18.3 Å². The maximum absolute atomic E-state index is 5.63. The van der Waals surface area contributed by atoms with Gasteiger partial charge in [0.2, 0.25) is 6.79 Å². The van der Waals surface area contributed by atoms with Crippen LogP contribution in [-0.4, -0.2) is 64.3 Å². The molecule has 3 aliphatic heterocycles. The van der Waals surface area contributed by atoms with E-state index < -0.39 is 0 Å². The number of ether oxygens (including phenoxy) is 3. The van der Waals surface area contributed by atoms with E-state index in [-0.39, 0.29) is 6.79 Å². The Balaban J connectivity index is 1.65. The summed E-state index contributed by atoms with van der Waals surface area (Å²) < 4.78 is 16.7. The van der Waals surface area contributed by atoms with Gasteiger partial charge in [-0.25, -0.2) is 4.98 Å². The van der Waals surface area contributed by atoms with Gasteiger partial charge in [-0.2, -0.15) is 0 Å². The molecule has 1 aromatic heterocycles. The summed E-state index contributed by atoms with van der Waals surface area (Å²) >= 11 is 0. The van der Waals surface area contributed by atoms with Crippen LogP contribution in [0.2, 0.25) is 0 Å². The molecule has 7 heteroatoms. The lowest BCUT2D eigenvalue weighted by Crippen LogP contribution is -2.43. The lowest BCUT2D eigenvalue weighted by atomic mass is 10.1. The van der Waals surface area contributed by atoms with Crippen LogP contribution in [0.3, 0.4) is 0 Å². The second-order valence-electron chi connectivity index (χ2n) is 6.55. The van der Waals surface area contributed by atoms with Crippen LogP contribution in [0.1, 0.15) is 0 Å². The van der Waals surface area contributed by atoms with Gasteiger partial charge in [0.15, 0.2) is 11.5 Å². The van der Waals surface area contributed by atoms with E-state index >= 15 is 0 Å². The quantitative estimate of drug-likeness (QED) is 0.880. The van der Waals surface area contributed by atoms with Crippen LogP contribution in [0, 0.1) is 0 Å². The van der Waals surface area contributed by atoms with Crippen LogP contribution in [0.5, 0.6) is 11.5 Å². The van der Waals surface area contributed by atoms with Crippen LogP contribution in [0.4, 0.5) is 11.5 Å². The molecule has 0 unspecified atom stereocenters. The molecule has 3 aliphatic rings. The number of anilines is 2. The molecule has 0 atom stereocenters. The fourth-order valence-electron chi connectivity index (χ4n) is 3.79. The van der Waals surface area contributed by atoms with Crippen molar-refractivity contribution < 1.29 is 14.2 Å². The van der Waals surface area contributed by atoms with Gasteiger partial charge in [0.25, 0.3) is 0 Å². The molecule has 0 amide bonds. The minimum atomic E-state index is 0.287. The van der Waals surface area contributed by atoms with Crippen LogP contribution < -0.4 is 24.6 Å². The molecular weight excluding hydrogens is 320 g/mol. The minimum Gasteiger partial charge on any atom is -0.454 e. The van der Waals surface area contributed by atoms with Gasteiger partial charge in [-0.15, -0.1) is 0 Å². The summed E-state index contributed by atoms with van der Waals surface area (Å²) in [6.45, 7) is 7.47. The molecule has 1 N–H and O–H groups in total. The van der Waals surface area contributed by atoms with Crippen molar-refractivity contribution in [1.29, 1.82) is 0 Å². The molecule has 2 saturated heterocycles. The van der Waals surface area contributed by atoms with Crippen molar-refractivity contribution in [1.82, 2.24) is 10.3 Å². The van der Waals surface area contributed by atoms with E-state index in [0.717, 1.165) is 75.2 Å². The van der Waals surface area contributed by atoms with E-state index in [9.17, 15) is 0 Å². The zero-order valence-corrected chi connectivity index (χ0v) is 14.2. The highest BCUT2D eigenvalue weighted by atomic mass is 16.7. The average molecular weight is 342 g/mol. The maximum atomic E-state index is 5.63. The largest absolute Gasteiger partial charge is 0.454 e. The van der Waals surface area contributed by atoms with Crippen molar-refractivity contribution in [2.45, 2.75) is 0 Å². The lowest BCUT2D eigenvalue weighted by molar-refractivity contribution is 0.122. The summed E-state index contributed by atoms with van der Waals surface area (Å²) in [6.07, 6.45) is 2.01. The first-order valence-corrected chi connectivity index (χ1v) is 8.91. The Morgan fingerprint density at radius 1 is 0.880 bits per heavy atom. The van der Waals surface area contributed by atoms with E-state index in [1.54, 1.807) is 0 Å². The second kappa shape index (κ2) is 6.24. The highest BCUT2D eigenvalue weighted by molar-refractivity contribution is 6.02. The molecule has 0 spiro atoms. The fourth-order valence-corrected chi connectivity index (χ4v) is 3.79. The molecule has 4 heterocycles. The smallest absolute Gasteiger partial charge is 0.231 e. The van der Waals surface area contributed by atoms with Crippen molar-refractivity contribution in [2.24, 2.45) is 0 Å². The van der Waals surface area contributed by atoms with Crippen molar-refractivity contribution in [2.75, 3.05) is 69.1 Å². The first kappa shape index (κ1) is 15.0. The molecule has 0 radical (unpaired) electrons. The lowest BCUT2D eigenvalue weighted by Gasteiger charge is -2.32. The number of nitrogens with zero attached hydrogens (tertiary/aromatic N) is 3. The standard InChI is InChI=1S/C18H22N4O3/c1-3-21(4-2-19-1)15-11-20-18(22-5-7-23-8-6-22)14-10-17-16(9-13(14)15)24-12-25-17/h9-11,19H,1-8,12H2. The Labute approximate surface area is 146 Å². The van der Waals surface area contributed by atoms with Crippen LogP contribution in [0.25, 0.3) is 10.8 Å². The SMILES string of the molecule is c1nc(N2CCOCC2)c2cc3c(cc2c1N1CCNCC1)OCO3. The second-order valence-corrected chi connectivity index (χ2v) is 6.55. The summed E-state index contributed by atoms with van der Waals surface area (Å²) in [5.41, 5.74) is 1.17. The van der Waals surface area contributed by atoms with Crippen LogP contribution >= 0.6 is 0 Å². The number of rotatable bonds is 2. The normalized spacial score (nSPS) is 20.3. The van der Waals surface area contributed by atoms with Gasteiger partial charge in [-0.1, -0.05) is 0 Å². The van der Waals surface area contributed by atoms with E-state index in [4.69, 9.17) is 19.2 Å². The van der Waals surface area contributed by atoms with Crippen LogP contribution in [-0.2, 0) is 4.74 Å². The number of pyridine rings is 1.